The fourth-order valence-corrected chi connectivity index (χ4v) is 10.3. The van der Waals surface area contributed by atoms with Crippen LogP contribution in [-0.4, -0.2) is 20.8 Å². The third-order valence-corrected chi connectivity index (χ3v) is 14.4. The maximum Gasteiger partial charge on any atom is 0.137 e. The first-order chi connectivity index (χ1) is 33.2. The lowest BCUT2D eigenvalue weighted by Crippen LogP contribution is -2.25. The number of rotatable bonds is 6. The van der Waals surface area contributed by atoms with Gasteiger partial charge < -0.3 is 19.1 Å². The minimum Gasteiger partial charge on any atom is -0.457 e. The van der Waals surface area contributed by atoms with Gasteiger partial charge in [0.1, 0.15) is 24.0 Å². The van der Waals surface area contributed by atoms with E-state index in [9.17, 15) is 0 Å². The van der Waals surface area contributed by atoms with Crippen LogP contribution in [0.2, 0.25) is 0 Å². The summed E-state index contributed by atoms with van der Waals surface area (Å²) in [5.74, 6) is 2.41. The Kier molecular flexibility index (Phi) is 10.4. The van der Waals surface area contributed by atoms with Crippen molar-refractivity contribution in [3.63, 3.8) is 0 Å². The fraction of sp³-hybridized carbons (Fsp3) is 0.266. The average molecular weight is 920 g/mol. The standard InChI is InChI=1S/C64H65N5O/c1-61(2,3)41-24-29-55-53(35-41)50-20-13-14-21-54(50)68(55)46-25-27-51-52-28-26-49(39-59(52)69(58(51)38-46)60-36-42(30-31-65-60)62(4,5)6)70-48-19-17-18-45(37-48)66-40-67(57-23-16-15-22-56(57)66)47-33-43(63(7,8)9)32-44(34-47)64(10,11)12/h13-39H,40H2,1-12H3. The highest BCUT2D eigenvalue weighted by atomic mass is 16.5. The Morgan fingerprint density at radius 1 is 0.371 bits per heavy atom. The predicted molar refractivity (Wildman–Crippen MR) is 296 cm³/mol. The van der Waals surface area contributed by atoms with E-state index in [4.69, 9.17) is 9.72 Å². The van der Waals surface area contributed by atoms with Crippen LogP contribution in [0.5, 0.6) is 11.5 Å². The van der Waals surface area contributed by atoms with Gasteiger partial charge in [-0.2, -0.15) is 0 Å². The monoisotopic (exact) mass is 920 g/mol. The molecule has 6 nitrogen and oxygen atoms in total. The summed E-state index contributed by atoms with van der Waals surface area (Å²) in [6.45, 7) is 28.1. The average Bonchev–Trinajstić information content (AvgIpc) is 3.98. The van der Waals surface area contributed by atoms with Crippen molar-refractivity contribution in [2.24, 2.45) is 0 Å². The van der Waals surface area contributed by atoms with Gasteiger partial charge in [-0.1, -0.05) is 138 Å². The van der Waals surface area contributed by atoms with E-state index >= 15 is 0 Å². The topological polar surface area (TPSA) is 38.5 Å². The molecule has 0 aliphatic carbocycles. The molecule has 11 rings (SSSR count). The molecule has 6 heteroatoms. The molecule has 0 saturated carbocycles. The van der Waals surface area contributed by atoms with Gasteiger partial charge >= 0.3 is 0 Å². The van der Waals surface area contributed by atoms with Gasteiger partial charge in [0.25, 0.3) is 0 Å². The molecule has 7 aromatic carbocycles. The summed E-state index contributed by atoms with van der Waals surface area (Å²) < 4.78 is 11.6. The molecule has 0 saturated heterocycles. The second kappa shape index (κ2) is 16.1. The Balaban J connectivity index is 1.00. The molecule has 352 valence electrons. The lowest BCUT2D eigenvalue weighted by Gasteiger charge is -2.29. The molecule has 0 radical (unpaired) electrons. The maximum atomic E-state index is 6.89. The molecule has 1 aliphatic rings. The summed E-state index contributed by atoms with van der Waals surface area (Å²) in [5, 5.41) is 4.81. The van der Waals surface area contributed by atoms with Crippen molar-refractivity contribution in [3.8, 4) is 23.0 Å². The number of hydrogen-bond donors (Lipinski definition) is 0. The molecule has 70 heavy (non-hydrogen) atoms. The summed E-state index contributed by atoms with van der Waals surface area (Å²) in [6, 6.07) is 58.0. The number of ether oxygens (including phenoxy) is 1. The molecule has 3 aromatic heterocycles. The zero-order chi connectivity index (χ0) is 49.1. The quantitative estimate of drug-likeness (QED) is 0.167. The van der Waals surface area contributed by atoms with E-state index < -0.39 is 0 Å². The third-order valence-electron chi connectivity index (χ3n) is 14.4. The van der Waals surface area contributed by atoms with Crippen LogP contribution in [0.25, 0.3) is 55.1 Å². The highest BCUT2D eigenvalue weighted by Crippen LogP contribution is 2.47. The second-order valence-electron chi connectivity index (χ2n) is 23.6. The van der Waals surface area contributed by atoms with E-state index in [0.29, 0.717) is 6.67 Å². The molecule has 0 unspecified atom stereocenters. The molecule has 1 aliphatic heterocycles. The normalized spacial score (nSPS) is 13.6. The van der Waals surface area contributed by atoms with E-state index in [1.807, 2.05) is 6.20 Å². The van der Waals surface area contributed by atoms with Crippen LogP contribution in [-0.2, 0) is 21.7 Å². The van der Waals surface area contributed by atoms with Crippen molar-refractivity contribution >= 4 is 66.4 Å². The highest BCUT2D eigenvalue weighted by molar-refractivity contribution is 6.12. The smallest absolute Gasteiger partial charge is 0.137 e. The van der Waals surface area contributed by atoms with Crippen LogP contribution >= 0.6 is 0 Å². The van der Waals surface area contributed by atoms with Crippen LogP contribution < -0.4 is 14.5 Å². The first-order valence-electron chi connectivity index (χ1n) is 24.9. The number of fused-ring (bicyclic) bond motifs is 7. The first-order valence-corrected chi connectivity index (χ1v) is 24.9. The van der Waals surface area contributed by atoms with Crippen LogP contribution in [0.3, 0.4) is 0 Å². The van der Waals surface area contributed by atoms with Crippen molar-refractivity contribution in [2.75, 3.05) is 16.5 Å². The molecular weight excluding hydrogens is 855 g/mol. The van der Waals surface area contributed by atoms with Gasteiger partial charge in [-0.15, -0.1) is 0 Å². The summed E-state index contributed by atoms with van der Waals surface area (Å²) in [4.78, 5) is 9.93. The number of aromatic nitrogens is 3. The summed E-state index contributed by atoms with van der Waals surface area (Å²) in [7, 11) is 0. The molecule has 0 spiro atoms. The number of hydrogen-bond acceptors (Lipinski definition) is 4. The summed E-state index contributed by atoms with van der Waals surface area (Å²) >= 11 is 0. The third kappa shape index (κ3) is 7.88. The lowest BCUT2D eigenvalue weighted by molar-refractivity contribution is 0.483. The van der Waals surface area contributed by atoms with Gasteiger partial charge in [0.05, 0.1) is 33.4 Å². The molecule has 0 fully saturated rings. The van der Waals surface area contributed by atoms with Gasteiger partial charge in [0.2, 0.25) is 0 Å². The fourth-order valence-electron chi connectivity index (χ4n) is 10.3. The van der Waals surface area contributed by atoms with E-state index in [1.165, 1.54) is 61.1 Å². The number of nitrogens with zero attached hydrogens (tertiary/aromatic N) is 5. The lowest BCUT2D eigenvalue weighted by atomic mass is 9.80. The number of anilines is 4. The predicted octanol–water partition coefficient (Wildman–Crippen LogP) is 17.5. The Hall–Kier alpha value is -7.31. The van der Waals surface area contributed by atoms with E-state index in [2.05, 4.69) is 260 Å². The maximum absolute atomic E-state index is 6.89. The highest BCUT2D eigenvalue weighted by Gasteiger charge is 2.31. The number of para-hydroxylation sites is 3. The van der Waals surface area contributed by atoms with E-state index in [0.717, 1.165) is 50.5 Å². The second-order valence-corrected chi connectivity index (χ2v) is 23.6. The molecule has 4 heterocycles. The SMILES string of the molecule is CC(C)(C)c1cc(N2CN(c3cccc(Oc4ccc5c6ccc(-n7c8ccccc8c8cc(C(C)(C)C)ccc87)cc6n(-c6cc(C(C)(C)C)ccn6)c5c4)c3)c3ccccc32)cc(C(C)(C)C)c1. The van der Waals surface area contributed by atoms with Crippen molar-refractivity contribution in [2.45, 2.75) is 105 Å². The van der Waals surface area contributed by atoms with Gasteiger partial charge in [0, 0.05) is 56.9 Å². The largest absolute Gasteiger partial charge is 0.457 e. The molecule has 0 bridgehead atoms. The van der Waals surface area contributed by atoms with E-state index in [1.54, 1.807) is 0 Å². The first kappa shape index (κ1) is 45.2. The minimum absolute atomic E-state index is 0.0123. The van der Waals surface area contributed by atoms with Crippen LogP contribution in [0, 0.1) is 0 Å². The van der Waals surface area contributed by atoms with Crippen LogP contribution in [0.1, 0.15) is 105 Å². The molecule has 0 amide bonds. The van der Waals surface area contributed by atoms with Gasteiger partial charge in [-0.05, 0) is 135 Å². The van der Waals surface area contributed by atoms with Crippen molar-refractivity contribution in [1.29, 1.82) is 0 Å². The minimum atomic E-state index is -0.0610. The Labute approximate surface area is 413 Å². The zero-order valence-corrected chi connectivity index (χ0v) is 42.9. The van der Waals surface area contributed by atoms with Gasteiger partial charge in [-0.25, -0.2) is 4.98 Å². The number of pyridine rings is 1. The van der Waals surface area contributed by atoms with E-state index in [-0.39, 0.29) is 21.7 Å². The van der Waals surface area contributed by atoms with Crippen LogP contribution in [0.4, 0.5) is 22.7 Å². The Morgan fingerprint density at radius 2 is 0.943 bits per heavy atom. The molecule has 0 atom stereocenters. The van der Waals surface area contributed by atoms with Gasteiger partial charge in [0.15, 0.2) is 0 Å². The Bertz CT molecular complexity index is 3640. The summed E-state index contributed by atoms with van der Waals surface area (Å²) in [6.07, 6.45) is 1.95. The van der Waals surface area contributed by atoms with Gasteiger partial charge in [-0.3, -0.25) is 4.57 Å². The molecule has 10 aromatic rings. The molecular formula is C64H65N5O. The van der Waals surface area contributed by atoms with Crippen LogP contribution in [0.15, 0.2) is 164 Å². The number of benzene rings is 7. The van der Waals surface area contributed by atoms with Crippen molar-refractivity contribution < 1.29 is 4.74 Å². The Morgan fingerprint density at radius 3 is 1.63 bits per heavy atom. The van der Waals surface area contributed by atoms with Crippen molar-refractivity contribution in [3.05, 3.63) is 186 Å². The van der Waals surface area contributed by atoms with Crippen molar-refractivity contribution in [1.82, 2.24) is 14.1 Å². The zero-order valence-electron chi connectivity index (χ0n) is 42.9. The summed E-state index contributed by atoms with van der Waals surface area (Å²) in [5.41, 5.74) is 15.5. The molecule has 0 N–H and O–H groups in total.